The van der Waals surface area contributed by atoms with Crippen LogP contribution in [0.25, 0.3) is 0 Å². The predicted octanol–water partition coefficient (Wildman–Crippen LogP) is 4.41. The minimum absolute atomic E-state index is 0.126. The molecule has 0 heterocycles. The van der Waals surface area contributed by atoms with Crippen LogP contribution in [0.5, 0.6) is 0 Å². The summed E-state index contributed by atoms with van der Waals surface area (Å²) >= 11 is 0.737. The van der Waals surface area contributed by atoms with Gasteiger partial charge < -0.3 is 20.1 Å². The summed E-state index contributed by atoms with van der Waals surface area (Å²) in [7, 11) is 0. The molecule has 0 aromatic heterocycles. The standard InChI is InChI=1S/C21H30F2N2O5S/c1-12(24-19(28)30-21(5,6)7)16(26)25-17(18(27)29-20(2,3)4)31-14-11-9-8-10-13(14)15(22)23/h8-12,15,17H,1-7H3,(H,24,28)(H,25,26)/t12-,17?/m1/s1. The van der Waals surface area contributed by atoms with Crippen LogP contribution < -0.4 is 10.6 Å². The van der Waals surface area contributed by atoms with Crippen molar-refractivity contribution in [3.63, 3.8) is 0 Å². The van der Waals surface area contributed by atoms with E-state index in [1.807, 2.05) is 0 Å². The van der Waals surface area contributed by atoms with Crippen molar-refractivity contribution in [2.24, 2.45) is 0 Å². The first-order valence-corrected chi connectivity index (χ1v) is 10.5. The van der Waals surface area contributed by atoms with Crippen molar-refractivity contribution < 1.29 is 32.6 Å². The first-order valence-electron chi connectivity index (χ1n) is 9.65. The number of halogens is 2. The van der Waals surface area contributed by atoms with Crippen molar-refractivity contribution in [2.45, 2.75) is 82.4 Å². The topological polar surface area (TPSA) is 93.7 Å². The fraction of sp³-hybridized carbons (Fsp3) is 0.571. The number of carbonyl (C=O) groups excluding carboxylic acids is 3. The Morgan fingerprint density at radius 2 is 1.48 bits per heavy atom. The molecule has 2 N–H and O–H groups in total. The summed E-state index contributed by atoms with van der Waals surface area (Å²) in [6.45, 7) is 11.4. The maximum absolute atomic E-state index is 13.3. The number of amides is 2. The van der Waals surface area contributed by atoms with E-state index in [0.717, 1.165) is 11.8 Å². The van der Waals surface area contributed by atoms with Crippen molar-refractivity contribution in [1.82, 2.24) is 10.6 Å². The van der Waals surface area contributed by atoms with Crippen molar-refractivity contribution in [1.29, 1.82) is 0 Å². The van der Waals surface area contributed by atoms with E-state index in [9.17, 15) is 23.2 Å². The van der Waals surface area contributed by atoms with Gasteiger partial charge in [-0.15, -0.1) is 0 Å². The molecule has 31 heavy (non-hydrogen) atoms. The zero-order chi connectivity index (χ0) is 24.0. The predicted molar refractivity (Wildman–Crippen MR) is 114 cm³/mol. The summed E-state index contributed by atoms with van der Waals surface area (Å²) in [5.74, 6) is -1.51. The van der Waals surface area contributed by atoms with Gasteiger partial charge in [-0.2, -0.15) is 0 Å². The smallest absolute Gasteiger partial charge is 0.408 e. The summed E-state index contributed by atoms with van der Waals surface area (Å²) in [5, 5.41) is 3.51. The average molecular weight is 461 g/mol. The molecule has 1 aromatic carbocycles. The molecule has 0 radical (unpaired) electrons. The van der Waals surface area contributed by atoms with E-state index in [4.69, 9.17) is 9.47 Å². The van der Waals surface area contributed by atoms with Gasteiger partial charge in [-0.3, -0.25) is 4.79 Å². The molecule has 0 aliphatic rings. The summed E-state index contributed by atoms with van der Waals surface area (Å²) in [6.07, 6.45) is -3.56. The molecule has 0 aliphatic carbocycles. The lowest BCUT2D eigenvalue weighted by Crippen LogP contribution is -2.51. The van der Waals surface area contributed by atoms with Crippen LogP contribution in [-0.4, -0.2) is 40.6 Å². The van der Waals surface area contributed by atoms with Crippen LogP contribution in [0.2, 0.25) is 0 Å². The molecular formula is C21H30F2N2O5S. The van der Waals surface area contributed by atoms with Gasteiger partial charge in [0.2, 0.25) is 5.91 Å². The van der Waals surface area contributed by atoms with Gasteiger partial charge in [-0.05, 0) is 54.5 Å². The Hall–Kier alpha value is -2.36. The van der Waals surface area contributed by atoms with Crippen molar-refractivity contribution in [2.75, 3.05) is 0 Å². The number of hydrogen-bond donors (Lipinski definition) is 2. The second kappa shape index (κ2) is 10.8. The third-order valence-corrected chi connectivity index (χ3v) is 4.59. The first-order chi connectivity index (χ1) is 14.1. The maximum atomic E-state index is 13.3. The van der Waals surface area contributed by atoms with E-state index >= 15 is 0 Å². The molecule has 10 heteroatoms. The number of alkyl carbamates (subject to hydrolysis) is 1. The number of thioether (sulfide) groups is 1. The summed E-state index contributed by atoms with van der Waals surface area (Å²) in [6, 6.07) is 4.63. The highest BCUT2D eigenvalue weighted by Crippen LogP contribution is 2.33. The molecule has 0 saturated carbocycles. The Bertz CT molecular complexity index is 791. The quantitative estimate of drug-likeness (QED) is 0.356. The summed E-state index contributed by atoms with van der Waals surface area (Å²) in [5.41, 5.74) is -1.88. The molecule has 0 aliphatic heterocycles. The molecule has 174 valence electrons. The Morgan fingerprint density at radius 3 is 2.00 bits per heavy atom. The largest absolute Gasteiger partial charge is 0.458 e. The number of ether oxygens (including phenoxy) is 2. The number of hydrogen-bond acceptors (Lipinski definition) is 6. The van der Waals surface area contributed by atoms with Crippen LogP contribution in [0.15, 0.2) is 29.2 Å². The lowest BCUT2D eigenvalue weighted by molar-refractivity contribution is -0.155. The maximum Gasteiger partial charge on any atom is 0.408 e. The molecule has 1 rings (SSSR count). The van der Waals surface area contributed by atoms with Gasteiger partial charge in [-0.25, -0.2) is 18.4 Å². The van der Waals surface area contributed by atoms with E-state index in [1.54, 1.807) is 47.6 Å². The van der Waals surface area contributed by atoms with E-state index in [0.29, 0.717) is 0 Å². The van der Waals surface area contributed by atoms with E-state index in [-0.39, 0.29) is 10.5 Å². The highest BCUT2D eigenvalue weighted by Gasteiger charge is 2.31. The highest BCUT2D eigenvalue weighted by atomic mass is 32.2. The van der Waals surface area contributed by atoms with Crippen LogP contribution >= 0.6 is 11.8 Å². The number of esters is 1. The third kappa shape index (κ3) is 9.99. The molecule has 0 spiro atoms. The molecule has 7 nitrogen and oxygen atoms in total. The van der Waals surface area contributed by atoms with E-state index in [1.165, 1.54) is 25.1 Å². The van der Waals surface area contributed by atoms with Gasteiger partial charge in [0, 0.05) is 10.5 Å². The van der Waals surface area contributed by atoms with Gasteiger partial charge in [0.25, 0.3) is 6.43 Å². The summed E-state index contributed by atoms with van der Waals surface area (Å²) in [4.78, 5) is 37.3. The Labute approximate surface area is 185 Å². The second-order valence-electron chi connectivity index (χ2n) is 8.75. The lowest BCUT2D eigenvalue weighted by Gasteiger charge is -2.26. The monoisotopic (exact) mass is 460 g/mol. The SMILES string of the molecule is C[C@@H](NC(=O)OC(C)(C)C)C(=O)NC(Sc1ccccc1C(F)F)C(=O)OC(C)(C)C. The fourth-order valence-corrected chi connectivity index (χ4v) is 3.21. The molecule has 1 unspecified atom stereocenters. The Morgan fingerprint density at radius 1 is 0.935 bits per heavy atom. The van der Waals surface area contributed by atoms with Crippen LogP contribution in [0.4, 0.5) is 13.6 Å². The second-order valence-corrected chi connectivity index (χ2v) is 9.89. The molecular weight excluding hydrogens is 430 g/mol. The number of benzene rings is 1. The minimum atomic E-state index is -2.76. The zero-order valence-corrected chi connectivity index (χ0v) is 19.6. The van der Waals surface area contributed by atoms with Gasteiger partial charge in [0.1, 0.15) is 17.2 Å². The molecule has 0 fully saturated rings. The Balaban J connectivity index is 3.01. The van der Waals surface area contributed by atoms with Crippen LogP contribution in [0, 0.1) is 0 Å². The van der Waals surface area contributed by atoms with Gasteiger partial charge in [0.05, 0.1) is 0 Å². The fourth-order valence-electron chi connectivity index (χ4n) is 2.19. The van der Waals surface area contributed by atoms with E-state index < -0.39 is 47.0 Å². The van der Waals surface area contributed by atoms with Crippen molar-refractivity contribution >= 4 is 29.7 Å². The average Bonchev–Trinajstić information content (AvgIpc) is 2.57. The van der Waals surface area contributed by atoms with Crippen LogP contribution in [0.3, 0.4) is 0 Å². The van der Waals surface area contributed by atoms with Gasteiger partial charge in [-0.1, -0.05) is 30.0 Å². The van der Waals surface area contributed by atoms with Crippen LogP contribution in [0.1, 0.15) is 60.5 Å². The van der Waals surface area contributed by atoms with Gasteiger partial charge in [0.15, 0.2) is 5.37 Å². The Kier molecular flexibility index (Phi) is 9.28. The minimum Gasteiger partial charge on any atom is -0.458 e. The third-order valence-electron chi connectivity index (χ3n) is 3.42. The normalized spacial score (nSPS) is 13.9. The van der Waals surface area contributed by atoms with Crippen LogP contribution in [-0.2, 0) is 19.1 Å². The van der Waals surface area contributed by atoms with Crippen molar-refractivity contribution in [3.8, 4) is 0 Å². The number of carbonyl (C=O) groups is 3. The number of rotatable bonds is 7. The van der Waals surface area contributed by atoms with E-state index in [2.05, 4.69) is 10.6 Å². The highest BCUT2D eigenvalue weighted by molar-refractivity contribution is 8.00. The molecule has 2 amide bonds. The molecule has 1 aromatic rings. The zero-order valence-electron chi connectivity index (χ0n) is 18.7. The first kappa shape index (κ1) is 26.7. The summed E-state index contributed by atoms with van der Waals surface area (Å²) < 4.78 is 37.1. The number of alkyl halides is 2. The molecule has 2 atom stereocenters. The lowest BCUT2D eigenvalue weighted by atomic mass is 10.2. The van der Waals surface area contributed by atoms with Crippen molar-refractivity contribution in [3.05, 3.63) is 29.8 Å². The number of nitrogens with one attached hydrogen (secondary N) is 2. The molecule has 0 bridgehead atoms. The molecule has 0 saturated heterocycles. The van der Waals surface area contributed by atoms with Gasteiger partial charge >= 0.3 is 12.1 Å².